The van der Waals surface area contributed by atoms with Crippen LogP contribution in [0.2, 0.25) is 0 Å². The van der Waals surface area contributed by atoms with Gasteiger partial charge in [-0.2, -0.15) is 0 Å². The molecule has 4 heteroatoms. The fourth-order valence-electron chi connectivity index (χ4n) is 3.38. The van der Waals surface area contributed by atoms with Crippen molar-refractivity contribution in [2.24, 2.45) is 0 Å². The topological polar surface area (TPSA) is 49.6 Å². The first-order chi connectivity index (χ1) is 10.2. The van der Waals surface area contributed by atoms with Gasteiger partial charge in [0.15, 0.2) is 0 Å². The molecule has 2 aliphatic rings. The number of likely N-dealkylation sites (tertiary alicyclic amines) is 1. The first kappa shape index (κ1) is 14.2. The number of carbonyl (C=O) groups is 1. The zero-order valence-electron chi connectivity index (χ0n) is 12.7. The predicted octanol–water partition coefficient (Wildman–Crippen LogP) is 2.42. The Morgan fingerprint density at radius 1 is 1.05 bits per heavy atom. The number of hydrogen-bond acceptors (Lipinski definition) is 3. The molecule has 0 aliphatic carbocycles. The largest absolute Gasteiger partial charge is 0.397 e. The van der Waals surface area contributed by atoms with Crippen LogP contribution in [-0.4, -0.2) is 37.0 Å². The zero-order chi connectivity index (χ0) is 14.7. The molecule has 0 aromatic heterocycles. The SMILES string of the molecule is Nc1cc(CCC(=O)N2CCCC2)ccc1N1CCCC1. The van der Waals surface area contributed by atoms with Crippen LogP contribution in [-0.2, 0) is 11.2 Å². The van der Waals surface area contributed by atoms with Crippen molar-refractivity contribution < 1.29 is 4.79 Å². The van der Waals surface area contributed by atoms with Gasteiger partial charge in [-0.15, -0.1) is 0 Å². The monoisotopic (exact) mass is 287 g/mol. The van der Waals surface area contributed by atoms with E-state index in [0.29, 0.717) is 6.42 Å². The molecule has 0 radical (unpaired) electrons. The molecule has 0 spiro atoms. The summed E-state index contributed by atoms with van der Waals surface area (Å²) >= 11 is 0. The molecule has 1 aromatic rings. The fraction of sp³-hybridized carbons (Fsp3) is 0.588. The van der Waals surface area contributed by atoms with Crippen LogP contribution >= 0.6 is 0 Å². The Balaban J connectivity index is 1.58. The number of carbonyl (C=O) groups excluding carboxylic acids is 1. The molecule has 3 rings (SSSR count). The van der Waals surface area contributed by atoms with E-state index in [1.54, 1.807) is 0 Å². The highest BCUT2D eigenvalue weighted by Gasteiger charge is 2.18. The lowest BCUT2D eigenvalue weighted by Crippen LogP contribution is -2.27. The third kappa shape index (κ3) is 3.31. The van der Waals surface area contributed by atoms with Gasteiger partial charge < -0.3 is 15.5 Å². The van der Waals surface area contributed by atoms with Crippen LogP contribution in [0.4, 0.5) is 11.4 Å². The van der Waals surface area contributed by atoms with E-state index in [-0.39, 0.29) is 5.91 Å². The van der Waals surface area contributed by atoms with Gasteiger partial charge >= 0.3 is 0 Å². The minimum absolute atomic E-state index is 0.287. The summed E-state index contributed by atoms with van der Waals surface area (Å²) in [6.07, 6.45) is 6.21. The van der Waals surface area contributed by atoms with E-state index in [2.05, 4.69) is 17.0 Å². The van der Waals surface area contributed by atoms with Gasteiger partial charge in [0.25, 0.3) is 0 Å². The lowest BCUT2D eigenvalue weighted by Gasteiger charge is -2.20. The van der Waals surface area contributed by atoms with Crippen molar-refractivity contribution in [1.82, 2.24) is 4.90 Å². The van der Waals surface area contributed by atoms with Gasteiger partial charge in [-0.05, 0) is 49.8 Å². The van der Waals surface area contributed by atoms with Crippen LogP contribution in [0.25, 0.3) is 0 Å². The number of nitrogen functional groups attached to an aromatic ring is 1. The van der Waals surface area contributed by atoms with Crippen LogP contribution < -0.4 is 10.6 Å². The van der Waals surface area contributed by atoms with Gasteiger partial charge in [0.05, 0.1) is 11.4 Å². The van der Waals surface area contributed by atoms with Gasteiger partial charge in [-0.3, -0.25) is 4.79 Å². The summed E-state index contributed by atoms with van der Waals surface area (Å²) in [6, 6.07) is 6.29. The second kappa shape index (κ2) is 6.37. The van der Waals surface area contributed by atoms with Crippen molar-refractivity contribution in [3.8, 4) is 0 Å². The molecule has 2 saturated heterocycles. The van der Waals surface area contributed by atoms with E-state index < -0.39 is 0 Å². The second-order valence-electron chi connectivity index (χ2n) is 6.18. The third-order valence-corrected chi connectivity index (χ3v) is 4.63. The Hall–Kier alpha value is -1.71. The lowest BCUT2D eigenvalue weighted by atomic mass is 10.1. The van der Waals surface area contributed by atoms with E-state index in [1.807, 2.05) is 11.0 Å². The molecule has 21 heavy (non-hydrogen) atoms. The highest BCUT2D eigenvalue weighted by atomic mass is 16.2. The summed E-state index contributed by atoms with van der Waals surface area (Å²) in [4.78, 5) is 16.4. The van der Waals surface area contributed by atoms with Gasteiger partial charge in [-0.1, -0.05) is 6.07 Å². The van der Waals surface area contributed by atoms with E-state index in [4.69, 9.17) is 5.73 Å². The smallest absolute Gasteiger partial charge is 0.222 e. The van der Waals surface area contributed by atoms with Gasteiger partial charge in [0.1, 0.15) is 0 Å². The molecule has 1 aromatic carbocycles. The number of hydrogen-bond donors (Lipinski definition) is 1. The summed E-state index contributed by atoms with van der Waals surface area (Å²) in [5.41, 5.74) is 9.37. The predicted molar refractivity (Wildman–Crippen MR) is 86.4 cm³/mol. The van der Waals surface area contributed by atoms with E-state index in [0.717, 1.165) is 56.8 Å². The maximum atomic E-state index is 12.1. The Morgan fingerprint density at radius 2 is 1.71 bits per heavy atom. The molecule has 0 atom stereocenters. The fourth-order valence-corrected chi connectivity index (χ4v) is 3.38. The molecule has 0 bridgehead atoms. The number of benzene rings is 1. The van der Waals surface area contributed by atoms with Crippen molar-refractivity contribution in [1.29, 1.82) is 0 Å². The maximum absolute atomic E-state index is 12.1. The number of nitrogens with two attached hydrogens (primary N) is 1. The van der Waals surface area contributed by atoms with Crippen molar-refractivity contribution in [2.75, 3.05) is 36.8 Å². The minimum Gasteiger partial charge on any atom is -0.397 e. The second-order valence-corrected chi connectivity index (χ2v) is 6.18. The van der Waals surface area contributed by atoms with E-state index in [1.165, 1.54) is 18.4 Å². The lowest BCUT2D eigenvalue weighted by molar-refractivity contribution is -0.130. The van der Waals surface area contributed by atoms with Crippen LogP contribution in [0.15, 0.2) is 18.2 Å². The van der Waals surface area contributed by atoms with Crippen LogP contribution in [0, 0.1) is 0 Å². The normalized spacial score (nSPS) is 18.5. The molecule has 114 valence electrons. The summed E-state index contributed by atoms with van der Waals surface area (Å²) in [5, 5.41) is 0. The molecule has 2 aliphatic heterocycles. The first-order valence-corrected chi connectivity index (χ1v) is 8.15. The van der Waals surface area contributed by atoms with Crippen molar-refractivity contribution in [3.05, 3.63) is 23.8 Å². The number of nitrogens with zero attached hydrogens (tertiary/aromatic N) is 2. The molecule has 4 nitrogen and oxygen atoms in total. The summed E-state index contributed by atoms with van der Waals surface area (Å²) in [7, 11) is 0. The minimum atomic E-state index is 0.287. The number of amides is 1. The summed E-state index contributed by atoms with van der Waals surface area (Å²) in [6.45, 7) is 4.09. The number of rotatable bonds is 4. The summed E-state index contributed by atoms with van der Waals surface area (Å²) < 4.78 is 0. The van der Waals surface area contributed by atoms with Gasteiger partial charge in [0, 0.05) is 32.6 Å². The molecular weight excluding hydrogens is 262 g/mol. The Bertz CT molecular complexity index is 503. The number of anilines is 2. The van der Waals surface area contributed by atoms with Crippen molar-refractivity contribution >= 4 is 17.3 Å². The third-order valence-electron chi connectivity index (χ3n) is 4.63. The quantitative estimate of drug-likeness (QED) is 0.865. The molecule has 2 N–H and O–H groups in total. The van der Waals surface area contributed by atoms with Crippen LogP contribution in [0.3, 0.4) is 0 Å². The first-order valence-electron chi connectivity index (χ1n) is 8.15. The maximum Gasteiger partial charge on any atom is 0.222 e. The Morgan fingerprint density at radius 3 is 2.38 bits per heavy atom. The van der Waals surface area contributed by atoms with E-state index >= 15 is 0 Å². The molecule has 0 unspecified atom stereocenters. The van der Waals surface area contributed by atoms with Gasteiger partial charge in [-0.25, -0.2) is 0 Å². The van der Waals surface area contributed by atoms with Gasteiger partial charge in [0.2, 0.25) is 5.91 Å². The standard InChI is InChI=1S/C17H25N3O/c18-15-13-14(5-7-16(15)19-9-1-2-10-19)6-8-17(21)20-11-3-4-12-20/h5,7,13H,1-4,6,8-12,18H2. The van der Waals surface area contributed by atoms with E-state index in [9.17, 15) is 4.79 Å². The van der Waals surface area contributed by atoms with Crippen LogP contribution in [0.5, 0.6) is 0 Å². The zero-order valence-corrected chi connectivity index (χ0v) is 12.7. The average Bonchev–Trinajstić information content (AvgIpc) is 3.17. The Labute approximate surface area is 126 Å². The van der Waals surface area contributed by atoms with Crippen molar-refractivity contribution in [3.63, 3.8) is 0 Å². The van der Waals surface area contributed by atoms with Crippen molar-refractivity contribution in [2.45, 2.75) is 38.5 Å². The molecular formula is C17H25N3O. The summed E-state index contributed by atoms with van der Waals surface area (Å²) in [5.74, 6) is 0.287. The highest BCUT2D eigenvalue weighted by molar-refractivity contribution is 5.77. The molecule has 0 saturated carbocycles. The molecule has 2 heterocycles. The Kier molecular flexibility index (Phi) is 4.32. The molecule has 2 fully saturated rings. The number of aryl methyl sites for hydroxylation is 1. The highest BCUT2D eigenvalue weighted by Crippen LogP contribution is 2.28. The average molecular weight is 287 g/mol. The van der Waals surface area contributed by atoms with Crippen LogP contribution in [0.1, 0.15) is 37.7 Å². The molecule has 1 amide bonds.